The number of nitrogens with zero attached hydrogens (tertiary/aromatic N) is 3. The Morgan fingerprint density at radius 1 is 1.00 bits per heavy atom. The predicted octanol–water partition coefficient (Wildman–Crippen LogP) is 0.483. The van der Waals surface area contributed by atoms with Crippen molar-refractivity contribution >= 4 is 53.4 Å². The van der Waals surface area contributed by atoms with E-state index in [0.717, 1.165) is 0 Å². The van der Waals surface area contributed by atoms with Crippen molar-refractivity contribution in [2.24, 2.45) is 0 Å². The summed E-state index contributed by atoms with van der Waals surface area (Å²) in [5, 5.41) is 2.67. The van der Waals surface area contributed by atoms with Crippen LogP contribution in [0, 0.1) is 0 Å². The standard InChI is InChI=1S/C9H7AsCl2N4O3/c11-7-14-8(12)16-9(15-7)13-6-3-1-5(2-4-6)10(17,18)19/h1-4H,(H2,17,18,19)(H,13,14,15,16). The summed E-state index contributed by atoms with van der Waals surface area (Å²) >= 11 is 6.37. The van der Waals surface area contributed by atoms with Gasteiger partial charge in [0, 0.05) is 0 Å². The van der Waals surface area contributed by atoms with Gasteiger partial charge in [-0.3, -0.25) is 0 Å². The molecule has 3 N–H and O–H groups in total. The molecule has 0 fully saturated rings. The molecule has 0 aliphatic carbocycles. The van der Waals surface area contributed by atoms with Crippen LogP contribution in [0.15, 0.2) is 24.3 Å². The number of rotatable bonds is 3. The van der Waals surface area contributed by atoms with Crippen LogP contribution in [0.4, 0.5) is 11.6 Å². The summed E-state index contributed by atoms with van der Waals surface area (Å²) in [6.07, 6.45) is 0. The fourth-order valence-electron chi connectivity index (χ4n) is 1.25. The minimum absolute atomic E-state index is 0.0182. The first-order valence-corrected chi connectivity index (χ1v) is 8.99. The van der Waals surface area contributed by atoms with Crippen LogP contribution in [0.25, 0.3) is 0 Å². The molecule has 0 spiro atoms. The van der Waals surface area contributed by atoms with Gasteiger partial charge < -0.3 is 0 Å². The van der Waals surface area contributed by atoms with Gasteiger partial charge in [0.15, 0.2) is 0 Å². The normalized spacial score (nSPS) is 11.4. The summed E-state index contributed by atoms with van der Waals surface area (Å²) in [6.45, 7) is 0. The molecule has 1 heterocycles. The van der Waals surface area contributed by atoms with Gasteiger partial charge in [0.05, 0.1) is 0 Å². The number of anilines is 2. The van der Waals surface area contributed by atoms with E-state index in [1.54, 1.807) is 0 Å². The topological polar surface area (TPSA) is 108 Å². The molecule has 1 aromatic heterocycles. The first-order chi connectivity index (χ1) is 8.84. The molecular weight excluding hydrogens is 358 g/mol. The van der Waals surface area contributed by atoms with Crippen LogP contribution in [-0.2, 0) is 3.74 Å². The van der Waals surface area contributed by atoms with Crippen molar-refractivity contribution in [3.05, 3.63) is 34.8 Å². The Morgan fingerprint density at radius 3 is 2.00 bits per heavy atom. The molecule has 2 rings (SSSR count). The van der Waals surface area contributed by atoms with E-state index in [4.69, 9.17) is 31.4 Å². The van der Waals surface area contributed by atoms with Gasteiger partial charge in [-0.25, -0.2) is 0 Å². The van der Waals surface area contributed by atoms with Gasteiger partial charge in [0.2, 0.25) is 0 Å². The van der Waals surface area contributed by atoms with Crippen molar-refractivity contribution in [2.45, 2.75) is 0 Å². The SMILES string of the molecule is O=[As](O)(O)c1ccc(Nc2nc(Cl)nc(Cl)n2)cc1. The maximum atomic E-state index is 11.1. The summed E-state index contributed by atoms with van der Waals surface area (Å²) in [5.41, 5.74) is 0.533. The van der Waals surface area contributed by atoms with E-state index in [1.807, 2.05) is 0 Å². The molecule has 0 radical (unpaired) electrons. The second-order valence-corrected chi connectivity index (χ2v) is 7.46. The van der Waals surface area contributed by atoms with E-state index in [2.05, 4.69) is 20.3 Å². The number of hydrogen-bond acceptors (Lipinski definition) is 5. The molecule has 1 aromatic carbocycles. The van der Waals surface area contributed by atoms with Crippen LogP contribution in [0.3, 0.4) is 0 Å². The van der Waals surface area contributed by atoms with Crippen LogP contribution in [-0.4, -0.2) is 37.3 Å². The van der Waals surface area contributed by atoms with Crippen molar-refractivity contribution in [1.82, 2.24) is 15.0 Å². The summed E-state index contributed by atoms with van der Waals surface area (Å²) < 4.78 is 29.1. The molecule has 2 aromatic rings. The molecule has 0 amide bonds. The van der Waals surface area contributed by atoms with Gasteiger partial charge in [-0.15, -0.1) is 0 Å². The first-order valence-electron chi connectivity index (χ1n) is 4.85. The van der Waals surface area contributed by atoms with Crippen LogP contribution >= 0.6 is 23.2 Å². The van der Waals surface area contributed by atoms with Crippen molar-refractivity contribution < 1.29 is 11.9 Å². The molecule has 10 heteroatoms. The number of aromatic nitrogens is 3. The van der Waals surface area contributed by atoms with Crippen LogP contribution in [0.2, 0.25) is 10.6 Å². The van der Waals surface area contributed by atoms with E-state index in [-0.39, 0.29) is 20.9 Å². The van der Waals surface area contributed by atoms with E-state index < -0.39 is 14.2 Å². The number of halogens is 2. The molecule has 0 atom stereocenters. The summed E-state index contributed by atoms with van der Waals surface area (Å²) in [6, 6.07) is 5.63. The van der Waals surface area contributed by atoms with Gasteiger partial charge in [-0.2, -0.15) is 0 Å². The van der Waals surface area contributed by atoms with E-state index >= 15 is 0 Å². The molecule has 100 valence electrons. The number of nitrogens with one attached hydrogen (secondary N) is 1. The Morgan fingerprint density at radius 2 is 1.53 bits per heavy atom. The van der Waals surface area contributed by atoms with Gasteiger partial charge in [-0.05, 0) is 0 Å². The molecule has 0 aliphatic rings. The molecule has 0 bridgehead atoms. The number of benzene rings is 1. The average molecular weight is 365 g/mol. The number of hydrogen-bond donors (Lipinski definition) is 3. The monoisotopic (exact) mass is 364 g/mol. The Balaban J connectivity index is 2.22. The molecular formula is C9H7AsCl2N4O3. The Labute approximate surface area is 120 Å². The van der Waals surface area contributed by atoms with Crippen LogP contribution in [0.5, 0.6) is 0 Å². The third-order valence-corrected chi connectivity index (χ3v) is 4.42. The predicted molar refractivity (Wildman–Crippen MR) is 70.1 cm³/mol. The zero-order valence-corrected chi connectivity index (χ0v) is 12.5. The van der Waals surface area contributed by atoms with Gasteiger partial charge >= 0.3 is 120 Å². The fourth-order valence-corrected chi connectivity index (χ4v) is 2.74. The molecule has 7 nitrogen and oxygen atoms in total. The van der Waals surface area contributed by atoms with E-state index in [9.17, 15) is 3.74 Å². The van der Waals surface area contributed by atoms with E-state index in [1.165, 1.54) is 24.3 Å². The summed E-state index contributed by atoms with van der Waals surface area (Å²) in [5.74, 6) is 0.138. The zero-order valence-electron chi connectivity index (χ0n) is 9.16. The Kier molecular flexibility index (Phi) is 4.13. The molecule has 0 unspecified atom stereocenters. The average Bonchev–Trinajstić information content (AvgIpc) is 2.26. The summed E-state index contributed by atoms with van der Waals surface area (Å²) in [4.78, 5) is 11.2. The van der Waals surface area contributed by atoms with Crippen LogP contribution in [0.1, 0.15) is 0 Å². The zero-order chi connectivity index (χ0) is 14.0. The molecule has 19 heavy (non-hydrogen) atoms. The van der Waals surface area contributed by atoms with Gasteiger partial charge in [-0.1, -0.05) is 0 Å². The van der Waals surface area contributed by atoms with Crippen molar-refractivity contribution in [2.75, 3.05) is 5.32 Å². The maximum absolute atomic E-state index is 11.1. The quantitative estimate of drug-likeness (QED) is 0.680. The third-order valence-electron chi connectivity index (χ3n) is 2.04. The minimum atomic E-state index is -4.86. The molecule has 0 aliphatic heterocycles. The third kappa shape index (κ3) is 3.92. The van der Waals surface area contributed by atoms with E-state index in [0.29, 0.717) is 5.69 Å². The fraction of sp³-hybridized carbons (Fsp3) is 0. The van der Waals surface area contributed by atoms with Crippen LogP contribution < -0.4 is 9.67 Å². The van der Waals surface area contributed by atoms with Crippen molar-refractivity contribution in [3.63, 3.8) is 0 Å². The Bertz CT molecular complexity index is 626. The second-order valence-electron chi connectivity index (χ2n) is 3.41. The second kappa shape index (κ2) is 5.48. The van der Waals surface area contributed by atoms with Crippen molar-refractivity contribution in [1.29, 1.82) is 0 Å². The van der Waals surface area contributed by atoms with Gasteiger partial charge in [0.1, 0.15) is 0 Å². The first kappa shape index (κ1) is 14.3. The molecule has 0 saturated carbocycles. The Hall–Kier alpha value is -1.11. The van der Waals surface area contributed by atoms with Crippen molar-refractivity contribution in [3.8, 4) is 0 Å². The summed E-state index contributed by atoms with van der Waals surface area (Å²) in [7, 11) is 0. The molecule has 0 saturated heterocycles. The van der Waals surface area contributed by atoms with Gasteiger partial charge in [0.25, 0.3) is 0 Å².